The van der Waals surface area contributed by atoms with Crippen LogP contribution in [0.1, 0.15) is 17.1 Å². The quantitative estimate of drug-likeness (QED) is 0.530. The highest BCUT2D eigenvalue weighted by atomic mass is 35.5. The van der Waals surface area contributed by atoms with Crippen LogP contribution in [-0.2, 0) is 5.75 Å². The summed E-state index contributed by atoms with van der Waals surface area (Å²) in [5.74, 6) is 1.39. The SMILES string of the molecule is Cc1ccc(N)c(SCc2nc(C)cc(Cl)n2)c1. The summed E-state index contributed by atoms with van der Waals surface area (Å²) < 4.78 is 0. The van der Waals surface area contributed by atoms with Crippen LogP contribution < -0.4 is 5.73 Å². The minimum Gasteiger partial charge on any atom is -0.398 e. The Morgan fingerprint density at radius 1 is 1.22 bits per heavy atom. The number of anilines is 1. The Morgan fingerprint density at radius 3 is 2.72 bits per heavy atom. The Labute approximate surface area is 116 Å². The maximum absolute atomic E-state index is 5.93. The molecular formula is C13H14ClN3S. The number of nitrogens with two attached hydrogens (primary N) is 1. The highest BCUT2D eigenvalue weighted by molar-refractivity contribution is 7.98. The van der Waals surface area contributed by atoms with E-state index in [0.29, 0.717) is 10.9 Å². The molecule has 1 heterocycles. The van der Waals surface area contributed by atoms with Gasteiger partial charge in [0.1, 0.15) is 11.0 Å². The van der Waals surface area contributed by atoms with E-state index < -0.39 is 0 Å². The molecule has 0 bridgehead atoms. The van der Waals surface area contributed by atoms with Crippen molar-refractivity contribution in [3.05, 3.63) is 46.5 Å². The minimum atomic E-state index is 0.482. The first kappa shape index (κ1) is 13.2. The van der Waals surface area contributed by atoms with Gasteiger partial charge in [-0.3, -0.25) is 0 Å². The van der Waals surface area contributed by atoms with Gasteiger partial charge in [-0.15, -0.1) is 11.8 Å². The maximum Gasteiger partial charge on any atom is 0.140 e. The Kier molecular flexibility index (Phi) is 4.09. The third kappa shape index (κ3) is 3.37. The highest BCUT2D eigenvalue weighted by Gasteiger charge is 2.05. The predicted octanol–water partition coefficient (Wildman–Crippen LogP) is 3.62. The number of aromatic nitrogens is 2. The van der Waals surface area contributed by atoms with E-state index in [9.17, 15) is 0 Å². The summed E-state index contributed by atoms with van der Waals surface area (Å²) in [6, 6.07) is 7.73. The number of halogens is 1. The van der Waals surface area contributed by atoms with Crippen molar-refractivity contribution < 1.29 is 0 Å². The monoisotopic (exact) mass is 279 g/mol. The number of hydrogen-bond donors (Lipinski definition) is 1. The zero-order chi connectivity index (χ0) is 13.1. The first-order chi connectivity index (χ1) is 8.54. The third-order valence-electron chi connectivity index (χ3n) is 2.40. The van der Waals surface area contributed by atoms with Gasteiger partial charge < -0.3 is 5.73 Å². The number of aryl methyl sites for hydroxylation is 2. The van der Waals surface area contributed by atoms with Crippen molar-refractivity contribution in [3.63, 3.8) is 0 Å². The van der Waals surface area contributed by atoms with Crippen molar-refractivity contribution in [1.82, 2.24) is 9.97 Å². The lowest BCUT2D eigenvalue weighted by molar-refractivity contribution is 0.996. The second kappa shape index (κ2) is 5.59. The van der Waals surface area contributed by atoms with Crippen LogP contribution in [0, 0.1) is 13.8 Å². The maximum atomic E-state index is 5.93. The molecule has 0 spiro atoms. The highest BCUT2D eigenvalue weighted by Crippen LogP contribution is 2.28. The zero-order valence-electron chi connectivity index (χ0n) is 10.3. The summed E-state index contributed by atoms with van der Waals surface area (Å²) in [5.41, 5.74) is 8.77. The molecule has 94 valence electrons. The van der Waals surface area contributed by atoms with Crippen LogP contribution in [0.3, 0.4) is 0 Å². The van der Waals surface area contributed by atoms with E-state index in [-0.39, 0.29) is 0 Å². The first-order valence-corrected chi connectivity index (χ1v) is 6.90. The molecule has 0 radical (unpaired) electrons. The first-order valence-electron chi connectivity index (χ1n) is 5.53. The van der Waals surface area contributed by atoms with Crippen LogP contribution in [0.5, 0.6) is 0 Å². The number of rotatable bonds is 3. The Hall–Kier alpha value is -1.26. The molecule has 18 heavy (non-hydrogen) atoms. The lowest BCUT2D eigenvalue weighted by atomic mass is 10.2. The fourth-order valence-electron chi connectivity index (χ4n) is 1.56. The van der Waals surface area contributed by atoms with Gasteiger partial charge in [0.2, 0.25) is 0 Å². The zero-order valence-corrected chi connectivity index (χ0v) is 11.8. The number of nitrogen functional groups attached to an aromatic ring is 1. The topological polar surface area (TPSA) is 51.8 Å². The molecule has 0 saturated carbocycles. The fourth-order valence-corrected chi connectivity index (χ4v) is 2.74. The molecule has 3 nitrogen and oxygen atoms in total. The smallest absolute Gasteiger partial charge is 0.140 e. The van der Waals surface area contributed by atoms with Crippen LogP contribution >= 0.6 is 23.4 Å². The van der Waals surface area contributed by atoms with E-state index in [1.807, 2.05) is 26.0 Å². The van der Waals surface area contributed by atoms with Crippen LogP contribution in [-0.4, -0.2) is 9.97 Å². The van der Waals surface area contributed by atoms with Gasteiger partial charge in [-0.05, 0) is 37.6 Å². The summed E-state index contributed by atoms with van der Waals surface area (Å²) in [4.78, 5) is 9.59. The van der Waals surface area contributed by atoms with Crippen molar-refractivity contribution in [2.45, 2.75) is 24.5 Å². The molecule has 1 aromatic heterocycles. The molecule has 0 amide bonds. The second-order valence-electron chi connectivity index (χ2n) is 4.08. The second-order valence-corrected chi connectivity index (χ2v) is 5.48. The lowest BCUT2D eigenvalue weighted by Gasteiger charge is -2.06. The Balaban J connectivity index is 2.13. The molecule has 0 unspecified atom stereocenters. The standard InChI is InChI=1S/C13H14ClN3S/c1-8-3-4-10(15)11(5-8)18-7-13-16-9(2)6-12(14)17-13/h3-6H,7,15H2,1-2H3. The summed E-state index contributed by atoms with van der Waals surface area (Å²) in [5, 5.41) is 0.482. The summed E-state index contributed by atoms with van der Waals surface area (Å²) in [6.45, 7) is 3.95. The molecule has 2 aromatic rings. The van der Waals surface area contributed by atoms with E-state index in [0.717, 1.165) is 22.1 Å². The minimum absolute atomic E-state index is 0.482. The van der Waals surface area contributed by atoms with Gasteiger partial charge in [0, 0.05) is 16.3 Å². The molecule has 0 aliphatic heterocycles. The molecule has 0 saturated heterocycles. The van der Waals surface area contributed by atoms with Gasteiger partial charge in [-0.25, -0.2) is 9.97 Å². The largest absolute Gasteiger partial charge is 0.398 e. The fraction of sp³-hybridized carbons (Fsp3) is 0.231. The van der Waals surface area contributed by atoms with Crippen LogP contribution in [0.4, 0.5) is 5.69 Å². The summed E-state index contributed by atoms with van der Waals surface area (Å²) >= 11 is 7.53. The third-order valence-corrected chi connectivity index (χ3v) is 3.66. The molecule has 0 fully saturated rings. The van der Waals surface area contributed by atoms with E-state index >= 15 is 0 Å². The van der Waals surface area contributed by atoms with Crippen molar-refractivity contribution in [2.24, 2.45) is 0 Å². The van der Waals surface area contributed by atoms with Crippen molar-refractivity contribution in [1.29, 1.82) is 0 Å². The van der Waals surface area contributed by atoms with Crippen LogP contribution in [0.25, 0.3) is 0 Å². The average Bonchev–Trinajstić information content (AvgIpc) is 2.29. The van der Waals surface area contributed by atoms with Crippen molar-refractivity contribution in [3.8, 4) is 0 Å². The van der Waals surface area contributed by atoms with Gasteiger partial charge in [0.15, 0.2) is 0 Å². The number of thioether (sulfide) groups is 1. The van der Waals surface area contributed by atoms with E-state index in [4.69, 9.17) is 17.3 Å². The number of hydrogen-bond acceptors (Lipinski definition) is 4. The molecule has 2 N–H and O–H groups in total. The van der Waals surface area contributed by atoms with Crippen molar-refractivity contribution in [2.75, 3.05) is 5.73 Å². The average molecular weight is 280 g/mol. The summed E-state index contributed by atoms with van der Waals surface area (Å²) in [6.07, 6.45) is 0. The van der Waals surface area contributed by atoms with Crippen LogP contribution in [0.15, 0.2) is 29.2 Å². The molecule has 0 aliphatic carbocycles. The predicted molar refractivity (Wildman–Crippen MR) is 76.9 cm³/mol. The van der Waals surface area contributed by atoms with Gasteiger partial charge >= 0.3 is 0 Å². The van der Waals surface area contributed by atoms with Gasteiger partial charge in [-0.1, -0.05) is 17.7 Å². The van der Waals surface area contributed by atoms with Gasteiger partial charge in [-0.2, -0.15) is 0 Å². The van der Waals surface area contributed by atoms with E-state index in [2.05, 4.69) is 16.0 Å². The lowest BCUT2D eigenvalue weighted by Crippen LogP contribution is -1.96. The Bertz CT molecular complexity index is 552. The van der Waals surface area contributed by atoms with Gasteiger partial charge in [0.05, 0.1) is 5.75 Å². The van der Waals surface area contributed by atoms with Gasteiger partial charge in [0.25, 0.3) is 0 Å². The van der Waals surface area contributed by atoms with Crippen LogP contribution in [0.2, 0.25) is 5.15 Å². The normalized spacial score (nSPS) is 10.6. The number of benzene rings is 1. The number of nitrogens with zero attached hydrogens (tertiary/aromatic N) is 2. The van der Waals surface area contributed by atoms with E-state index in [1.54, 1.807) is 17.8 Å². The van der Waals surface area contributed by atoms with E-state index in [1.165, 1.54) is 5.56 Å². The van der Waals surface area contributed by atoms with Crippen molar-refractivity contribution >= 4 is 29.1 Å². The molecular weight excluding hydrogens is 266 g/mol. The molecule has 0 atom stereocenters. The molecule has 2 rings (SSSR count). The molecule has 0 aliphatic rings. The Morgan fingerprint density at radius 2 is 2.00 bits per heavy atom. The molecule has 5 heteroatoms. The molecule has 1 aromatic carbocycles. The summed E-state index contributed by atoms with van der Waals surface area (Å²) in [7, 11) is 0.